The predicted molar refractivity (Wildman–Crippen MR) is 116 cm³/mol. The summed E-state index contributed by atoms with van der Waals surface area (Å²) in [6, 6.07) is 22.7. The lowest BCUT2D eigenvalue weighted by Crippen LogP contribution is -2.14. The van der Waals surface area contributed by atoms with E-state index in [0.29, 0.717) is 16.5 Å². The van der Waals surface area contributed by atoms with Gasteiger partial charge in [0.2, 0.25) is 5.82 Å². The summed E-state index contributed by atoms with van der Waals surface area (Å²) in [7, 11) is 0. The van der Waals surface area contributed by atoms with Crippen molar-refractivity contribution < 1.29 is 4.79 Å². The Bertz CT molecular complexity index is 1170. The minimum absolute atomic E-state index is 0.0869. The van der Waals surface area contributed by atoms with E-state index in [-0.39, 0.29) is 11.7 Å². The lowest BCUT2D eigenvalue weighted by atomic mass is 10.1. The molecule has 0 radical (unpaired) electrons. The van der Waals surface area contributed by atoms with Crippen molar-refractivity contribution in [3.63, 3.8) is 0 Å². The molecule has 0 spiro atoms. The normalized spacial score (nSPS) is 10.7. The van der Waals surface area contributed by atoms with Gasteiger partial charge >= 0.3 is 0 Å². The van der Waals surface area contributed by atoms with Gasteiger partial charge in [-0.05, 0) is 43.7 Å². The van der Waals surface area contributed by atoms with Gasteiger partial charge in [0, 0.05) is 16.3 Å². The molecule has 1 aromatic heterocycles. The molecule has 1 amide bonds. The number of para-hydroxylation sites is 1. The van der Waals surface area contributed by atoms with E-state index in [1.165, 1.54) is 0 Å². The lowest BCUT2D eigenvalue weighted by molar-refractivity contribution is 0.101. The van der Waals surface area contributed by atoms with E-state index in [9.17, 15) is 4.79 Å². The van der Waals surface area contributed by atoms with Crippen LogP contribution in [0, 0.1) is 13.8 Å². The van der Waals surface area contributed by atoms with Crippen molar-refractivity contribution in [3.8, 4) is 17.1 Å². The van der Waals surface area contributed by atoms with Gasteiger partial charge in [0.25, 0.3) is 5.91 Å². The molecule has 4 aromatic rings. The zero-order chi connectivity index (χ0) is 20.4. The first kappa shape index (κ1) is 18.9. The van der Waals surface area contributed by atoms with Crippen molar-refractivity contribution in [2.45, 2.75) is 13.8 Å². The Morgan fingerprint density at radius 2 is 1.69 bits per heavy atom. The molecule has 0 aliphatic heterocycles. The summed E-state index contributed by atoms with van der Waals surface area (Å²) in [6.45, 7) is 3.99. The maximum absolute atomic E-state index is 12.8. The molecule has 5 nitrogen and oxygen atoms in total. The second-order valence-electron chi connectivity index (χ2n) is 6.79. The molecular weight excluding hydrogens is 384 g/mol. The standard InChI is InChI=1S/C23H19ClN4O/c1-15-8-11-17(12-9-15)22-26-21(23(29)25-19-6-4-3-5-7-19)27-28(22)20-14-18(24)13-10-16(20)2/h3-14H,1-2H3,(H,25,29). The van der Waals surface area contributed by atoms with Gasteiger partial charge in [-0.2, -0.15) is 0 Å². The van der Waals surface area contributed by atoms with Gasteiger partial charge in [0.05, 0.1) is 5.69 Å². The van der Waals surface area contributed by atoms with Crippen LogP contribution in [0.5, 0.6) is 0 Å². The maximum Gasteiger partial charge on any atom is 0.295 e. The number of carbonyl (C=O) groups excluding carboxylic acids is 1. The monoisotopic (exact) mass is 402 g/mol. The molecule has 6 heteroatoms. The van der Waals surface area contributed by atoms with Gasteiger partial charge in [-0.15, -0.1) is 5.10 Å². The summed E-state index contributed by atoms with van der Waals surface area (Å²) in [5.74, 6) is 0.292. The SMILES string of the molecule is Cc1ccc(-c2nc(C(=O)Nc3ccccc3)nn2-c2cc(Cl)ccc2C)cc1. The Morgan fingerprint density at radius 3 is 2.41 bits per heavy atom. The van der Waals surface area contributed by atoms with Crippen LogP contribution in [0.1, 0.15) is 21.7 Å². The zero-order valence-corrected chi connectivity index (χ0v) is 16.8. The first-order valence-electron chi connectivity index (χ1n) is 9.18. The van der Waals surface area contributed by atoms with Crippen LogP contribution in [0.2, 0.25) is 5.02 Å². The highest BCUT2D eigenvalue weighted by molar-refractivity contribution is 6.30. The van der Waals surface area contributed by atoms with Crippen molar-refractivity contribution in [1.82, 2.24) is 14.8 Å². The number of carbonyl (C=O) groups is 1. The van der Waals surface area contributed by atoms with Gasteiger partial charge in [0.15, 0.2) is 5.82 Å². The Hall–Kier alpha value is -3.44. The number of aromatic nitrogens is 3. The third-order valence-electron chi connectivity index (χ3n) is 4.55. The van der Waals surface area contributed by atoms with Crippen LogP contribution in [0.15, 0.2) is 72.8 Å². The Labute approximate surface area is 174 Å². The highest BCUT2D eigenvalue weighted by Gasteiger charge is 2.20. The Kier molecular flexibility index (Phi) is 5.14. The molecule has 4 rings (SSSR count). The van der Waals surface area contributed by atoms with E-state index >= 15 is 0 Å². The summed E-state index contributed by atoms with van der Waals surface area (Å²) in [5.41, 5.74) is 4.44. The largest absolute Gasteiger partial charge is 0.319 e. The average Bonchev–Trinajstić information content (AvgIpc) is 3.16. The summed E-state index contributed by atoms with van der Waals surface area (Å²) >= 11 is 6.22. The number of anilines is 1. The van der Waals surface area contributed by atoms with Crippen LogP contribution in [0.3, 0.4) is 0 Å². The highest BCUT2D eigenvalue weighted by atomic mass is 35.5. The molecule has 0 bridgehead atoms. The van der Waals surface area contributed by atoms with E-state index in [4.69, 9.17) is 11.6 Å². The van der Waals surface area contributed by atoms with Crippen LogP contribution in [0.4, 0.5) is 5.69 Å². The zero-order valence-electron chi connectivity index (χ0n) is 16.1. The predicted octanol–water partition coefficient (Wildman–Crippen LogP) is 5.46. The number of hydrogen-bond acceptors (Lipinski definition) is 3. The fourth-order valence-corrected chi connectivity index (χ4v) is 3.15. The third-order valence-corrected chi connectivity index (χ3v) is 4.79. The Balaban J connectivity index is 1.81. The number of aryl methyl sites for hydroxylation is 2. The molecule has 3 aromatic carbocycles. The number of rotatable bonds is 4. The molecule has 0 atom stereocenters. The molecule has 0 saturated carbocycles. The molecule has 0 aliphatic rings. The second-order valence-corrected chi connectivity index (χ2v) is 7.22. The molecule has 0 saturated heterocycles. The fourth-order valence-electron chi connectivity index (χ4n) is 2.98. The van der Waals surface area contributed by atoms with Crippen LogP contribution < -0.4 is 5.32 Å². The fraction of sp³-hybridized carbons (Fsp3) is 0.0870. The number of halogens is 1. The Morgan fingerprint density at radius 1 is 0.966 bits per heavy atom. The summed E-state index contributed by atoms with van der Waals surface area (Å²) in [6.07, 6.45) is 0. The summed E-state index contributed by atoms with van der Waals surface area (Å²) in [5, 5.41) is 7.93. The lowest BCUT2D eigenvalue weighted by Gasteiger charge is -2.09. The van der Waals surface area contributed by atoms with Crippen molar-refractivity contribution in [1.29, 1.82) is 0 Å². The topological polar surface area (TPSA) is 59.8 Å². The first-order valence-corrected chi connectivity index (χ1v) is 9.56. The van der Waals surface area contributed by atoms with Crippen LogP contribution in [0.25, 0.3) is 17.1 Å². The summed E-state index contributed by atoms with van der Waals surface area (Å²) in [4.78, 5) is 17.3. The molecule has 0 aliphatic carbocycles. The molecule has 0 fully saturated rings. The smallest absolute Gasteiger partial charge is 0.295 e. The maximum atomic E-state index is 12.8. The van der Waals surface area contributed by atoms with Crippen molar-refractivity contribution in [2.75, 3.05) is 5.32 Å². The molecule has 0 unspecified atom stereocenters. The highest BCUT2D eigenvalue weighted by Crippen LogP contribution is 2.26. The van der Waals surface area contributed by atoms with E-state index in [0.717, 1.165) is 22.4 Å². The van der Waals surface area contributed by atoms with E-state index in [2.05, 4.69) is 15.4 Å². The van der Waals surface area contributed by atoms with Crippen molar-refractivity contribution in [2.24, 2.45) is 0 Å². The number of benzene rings is 3. The molecule has 1 N–H and O–H groups in total. The minimum Gasteiger partial charge on any atom is -0.319 e. The van der Waals surface area contributed by atoms with Crippen LogP contribution in [-0.4, -0.2) is 20.7 Å². The number of amides is 1. The van der Waals surface area contributed by atoms with Crippen molar-refractivity contribution in [3.05, 3.63) is 94.8 Å². The van der Waals surface area contributed by atoms with Gasteiger partial charge in [-0.25, -0.2) is 9.67 Å². The number of nitrogens with zero attached hydrogens (tertiary/aromatic N) is 3. The number of nitrogens with one attached hydrogen (secondary N) is 1. The first-order chi connectivity index (χ1) is 14.0. The summed E-state index contributed by atoms with van der Waals surface area (Å²) < 4.78 is 1.67. The quantitative estimate of drug-likeness (QED) is 0.493. The van der Waals surface area contributed by atoms with E-state index in [1.807, 2.05) is 86.6 Å². The molecule has 29 heavy (non-hydrogen) atoms. The van der Waals surface area contributed by atoms with Gasteiger partial charge in [0.1, 0.15) is 0 Å². The van der Waals surface area contributed by atoms with Crippen molar-refractivity contribution >= 4 is 23.2 Å². The molecule has 144 valence electrons. The van der Waals surface area contributed by atoms with Crippen LogP contribution >= 0.6 is 11.6 Å². The van der Waals surface area contributed by atoms with Crippen LogP contribution in [-0.2, 0) is 0 Å². The average molecular weight is 403 g/mol. The van der Waals surface area contributed by atoms with Gasteiger partial charge < -0.3 is 5.32 Å². The third kappa shape index (κ3) is 4.05. The molecular formula is C23H19ClN4O. The van der Waals surface area contributed by atoms with E-state index < -0.39 is 0 Å². The number of hydrogen-bond donors (Lipinski definition) is 1. The second kappa shape index (κ2) is 7.89. The molecule has 1 heterocycles. The minimum atomic E-state index is -0.372. The van der Waals surface area contributed by atoms with E-state index in [1.54, 1.807) is 4.68 Å². The van der Waals surface area contributed by atoms with Gasteiger partial charge in [-0.3, -0.25) is 4.79 Å². The van der Waals surface area contributed by atoms with Gasteiger partial charge in [-0.1, -0.05) is 65.7 Å².